The zero-order valence-electron chi connectivity index (χ0n) is 34.0. The number of allylic oxidation sites excluding steroid dienone is 14. The Hall–Kier alpha value is -2.43. The van der Waals surface area contributed by atoms with Crippen LogP contribution in [0.25, 0.3) is 0 Å². The lowest BCUT2D eigenvalue weighted by atomic mass is 10.0. The second kappa shape index (κ2) is 43.0. The molecule has 0 aliphatic heterocycles. The fourth-order valence-electron chi connectivity index (χ4n) is 6.10. The van der Waals surface area contributed by atoms with Crippen LogP contribution in [0, 0.1) is 0 Å². The van der Waals surface area contributed by atoms with E-state index in [1.165, 1.54) is 83.5 Å². The Kier molecular flexibility index (Phi) is 41.0. The van der Waals surface area contributed by atoms with Gasteiger partial charge in [-0.1, -0.05) is 202 Å². The van der Waals surface area contributed by atoms with Gasteiger partial charge in [0.2, 0.25) is 5.91 Å². The van der Waals surface area contributed by atoms with Gasteiger partial charge in [0.05, 0.1) is 18.8 Å². The van der Waals surface area contributed by atoms with Crippen LogP contribution in [0.2, 0.25) is 0 Å². The van der Waals surface area contributed by atoms with Crippen molar-refractivity contribution in [3.63, 3.8) is 0 Å². The number of nitrogens with one attached hydrogen (secondary N) is 1. The number of amides is 1. The molecule has 0 aromatic carbocycles. The van der Waals surface area contributed by atoms with Crippen LogP contribution in [0.1, 0.15) is 194 Å². The normalized spacial score (nSPS) is 13.8. The summed E-state index contributed by atoms with van der Waals surface area (Å²) in [6.07, 6.45) is 62.2. The van der Waals surface area contributed by atoms with Crippen LogP contribution >= 0.6 is 0 Å². The molecular formula is C48H83NO3. The number of carbonyl (C=O) groups is 1. The summed E-state index contributed by atoms with van der Waals surface area (Å²) in [7, 11) is 0. The molecule has 0 fully saturated rings. The third-order valence-corrected chi connectivity index (χ3v) is 9.42. The summed E-state index contributed by atoms with van der Waals surface area (Å²) in [6.45, 7) is 4.22. The van der Waals surface area contributed by atoms with Gasteiger partial charge in [0.25, 0.3) is 0 Å². The lowest BCUT2D eigenvalue weighted by Crippen LogP contribution is -2.45. The van der Waals surface area contributed by atoms with Gasteiger partial charge in [0, 0.05) is 6.42 Å². The van der Waals surface area contributed by atoms with Crippen molar-refractivity contribution >= 4 is 5.91 Å². The Balaban J connectivity index is 3.68. The molecule has 0 rings (SSSR count). The fraction of sp³-hybridized carbons (Fsp3) is 0.688. The van der Waals surface area contributed by atoms with Crippen molar-refractivity contribution < 1.29 is 15.0 Å². The number of rotatable bonds is 38. The van der Waals surface area contributed by atoms with Crippen LogP contribution in [0.4, 0.5) is 0 Å². The summed E-state index contributed by atoms with van der Waals surface area (Å²) >= 11 is 0. The third-order valence-electron chi connectivity index (χ3n) is 9.42. The Labute approximate surface area is 322 Å². The van der Waals surface area contributed by atoms with Crippen LogP contribution in [0.5, 0.6) is 0 Å². The van der Waals surface area contributed by atoms with E-state index in [1.807, 2.05) is 0 Å². The molecule has 52 heavy (non-hydrogen) atoms. The van der Waals surface area contributed by atoms with Crippen molar-refractivity contribution in [2.75, 3.05) is 6.61 Å². The lowest BCUT2D eigenvalue weighted by molar-refractivity contribution is -0.123. The van der Waals surface area contributed by atoms with E-state index in [0.29, 0.717) is 12.8 Å². The van der Waals surface area contributed by atoms with E-state index in [0.717, 1.165) is 83.5 Å². The predicted octanol–water partition coefficient (Wildman–Crippen LogP) is 13.7. The molecule has 0 heterocycles. The SMILES string of the molecule is CC/C=C\C/C=C\C/C=C\C/C=C\C/C=C\C/C=C\C/C=C\CCCCCC(=O)NC(CO)C(O)CCCCCCCCCCCCCCCCC. The number of hydrogen-bond donors (Lipinski definition) is 3. The maximum Gasteiger partial charge on any atom is 0.220 e. The highest BCUT2D eigenvalue weighted by Gasteiger charge is 2.19. The van der Waals surface area contributed by atoms with Gasteiger partial charge in [-0.15, -0.1) is 0 Å². The summed E-state index contributed by atoms with van der Waals surface area (Å²) in [5, 5.41) is 23.1. The Morgan fingerprint density at radius 3 is 1.25 bits per heavy atom. The molecule has 0 spiro atoms. The largest absolute Gasteiger partial charge is 0.394 e. The minimum atomic E-state index is -0.679. The molecule has 3 N–H and O–H groups in total. The number of hydrogen-bond acceptors (Lipinski definition) is 3. The molecule has 0 radical (unpaired) electrons. The van der Waals surface area contributed by atoms with Crippen molar-refractivity contribution in [1.29, 1.82) is 0 Å². The van der Waals surface area contributed by atoms with E-state index in [-0.39, 0.29) is 12.5 Å². The summed E-state index contributed by atoms with van der Waals surface area (Å²) in [4.78, 5) is 12.4. The topological polar surface area (TPSA) is 69.6 Å². The van der Waals surface area contributed by atoms with E-state index in [1.54, 1.807) is 0 Å². The molecule has 0 saturated heterocycles. The summed E-state index contributed by atoms with van der Waals surface area (Å²) in [6, 6.07) is -0.559. The van der Waals surface area contributed by atoms with E-state index >= 15 is 0 Å². The summed E-state index contributed by atoms with van der Waals surface area (Å²) in [5.74, 6) is -0.0669. The van der Waals surface area contributed by atoms with Crippen LogP contribution in [0.15, 0.2) is 85.1 Å². The first-order chi connectivity index (χ1) is 25.7. The minimum absolute atomic E-state index is 0.0669. The van der Waals surface area contributed by atoms with Gasteiger partial charge in [-0.3, -0.25) is 4.79 Å². The molecule has 0 aromatic heterocycles. The smallest absolute Gasteiger partial charge is 0.220 e. The minimum Gasteiger partial charge on any atom is -0.394 e. The summed E-state index contributed by atoms with van der Waals surface area (Å²) < 4.78 is 0. The van der Waals surface area contributed by atoms with E-state index < -0.39 is 12.1 Å². The second-order valence-electron chi connectivity index (χ2n) is 14.4. The van der Waals surface area contributed by atoms with E-state index in [9.17, 15) is 15.0 Å². The quantitative estimate of drug-likeness (QED) is 0.0439. The molecule has 1 amide bonds. The lowest BCUT2D eigenvalue weighted by Gasteiger charge is -2.22. The standard InChI is InChI=1S/C48H83NO3/c1-3-5-7-9-11-13-15-17-19-20-21-22-23-24-25-26-27-28-30-32-34-36-38-40-42-44-48(52)49-46(45-50)47(51)43-41-39-37-35-33-31-29-18-16-14-12-10-8-6-4-2/h5,7,11,13,17,19,21-22,24-25,27-28,32,34,46-47,50-51H,3-4,6,8-10,12,14-16,18,20,23,26,29-31,33,35-45H2,1-2H3,(H,49,52)/b7-5-,13-11-,19-17-,22-21-,25-24-,28-27-,34-32-. The molecule has 0 aromatic rings. The van der Waals surface area contributed by atoms with Gasteiger partial charge in [0.1, 0.15) is 0 Å². The Morgan fingerprint density at radius 1 is 0.481 bits per heavy atom. The van der Waals surface area contributed by atoms with Crippen LogP contribution in [-0.4, -0.2) is 34.9 Å². The first-order valence-electron chi connectivity index (χ1n) is 21.8. The number of carbonyl (C=O) groups excluding carboxylic acids is 1. The highest BCUT2D eigenvalue weighted by Crippen LogP contribution is 2.15. The first-order valence-corrected chi connectivity index (χ1v) is 21.8. The predicted molar refractivity (Wildman–Crippen MR) is 230 cm³/mol. The molecule has 2 unspecified atom stereocenters. The zero-order valence-corrected chi connectivity index (χ0v) is 34.0. The number of aliphatic hydroxyl groups is 2. The van der Waals surface area contributed by atoms with Crippen LogP contribution in [-0.2, 0) is 4.79 Å². The van der Waals surface area contributed by atoms with Gasteiger partial charge in [-0.2, -0.15) is 0 Å². The Morgan fingerprint density at radius 2 is 0.846 bits per heavy atom. The van der Waals surface area contributed by atoms with E-state index in [4.69, 9.17) is 0 Å². The Bertz CT molecular complexity index is 957. The van der Waals surface area contributed by atoms with Crippen molar-refractivity contribution in [2.24, 2.45) is 0 Å². The van der Waals surface area contributed by atoms with Gasteiger partial charge in [-0.05, 0) is 70.6 Å². The third kappa shape index (κ3) is 38.8. The molecule has 0 saturated carbocycles. The maximum atomic E-state index is 12.4. The molecule has 2 atom stereocenters. The number of unbranched alkanes of at least 4 members (excludes halogenated alkanes) is 17. The fourth-order valence-corrected chi connectivity index (χ4v) is 6.10. The first kappa shape index (κ1) is 49.6. The molecular weight excluding hydrogens is 639 g/mol. The molecule has 0 bridgehead atoms. The number of aliphatic hydroxyl groups excluding tert-OH is 2. The van der Waals surface area contributed by atoms with Crippen LogP contribution < -0.4 is 5.32 Å². The molecule has 4 nitrogen and oxygen atoms in total. The molecule has 0 aliphatic rings. The monoisotopic (exact) mass is 722 g/mol. The van der Waals surface area contributed by atoms with Gasteiger partial charge < -0.3 is 15.5 Å². The maximum absolute atomic E-state index is 12.4. The van der Waals surface area contributed by atoms with Crippen LogP contribution in [0.3, 0.4) is 0 Å². The second-order valence-corrected chi connectivity index (χ2v) is 14.4. The highest BCUT2D eigenvalue weighted by atomic mass is 16.3. The highest BCUT2D eigenvalue weighted by molar-refractivity contribution is 5.76. The van der Waals surface area contributed by atoms with Gasteiger partial charge in [-0.25, -0.2) is 0 Å². The molecule has 4 heteroatoms. The average molecular weight is 722 g/mol. The van der Waals surface area contributed by atoms with Crippen molar-refractivity contribution in [3.05, 3.63) is 85.1 Å². The zero-order chi connectivity index (χ0) is 37.8. The molecule has 0 aliphatic carbocycles. The van der Waals surface area contributed by atoms with Crippen molar-refractivity contribution in [2.45, 2.75) is 206 Å². The van der Waals surface area contributed by atoms with Crippen molar-refractivity contribution in [3.8, 4) is 0 Å². The van der Waals surface area contributed by atoms with Crippen molar-refractivity contribution in [1.82, 2.24) is 5.32 Å². The van der Waals surface area contributed by atoms with Gasteiger partial charge >= 0.3 is 0 Å². The summed E-state index contributed by atoms with van der Waals surface area (Å²) in [5.41, 5.74) is 0. The molecule has 298 valence electrons. The van der Waals surface area contributed by atoms with Gasteiger partial charge in [0.15, 0.2) is 0 Å². The average Bonchev–Trinajstić information content (AvgIpc) is 3.15. The van der Waals surface area contributed by atoms with E-state index in [2.05, 4.69) is 104 Å².